The number of nitrogens with one attached hydrogen (secondary N) is 1. The van der Waals surface area contributed by atoms with Crippen molar-refractivity contribution in [1.82, 2.24) is 9.97 Å². The summed E-state index contributed by atoms with van der Waals surface area (Å²) in [7, 11) is 1.62. The molecule has 0 saturated carbocycles. The Morgan fingerprint density at radius 3 is 2.61 bits per heavy atom. The van der Waals surface area contributed by atoms with E-state index in [2.05, 4.69) is 15.3 Å². The van der Waals surface area contributed by atoms with Crippen LogP contribution >= 0.6 is 11.3 Å². The van der Waals surface area contributed by atoms with Crippen LogP contribution in [0.4, 0.5) is 5.82 Å². The van der Waals surface area contributed by atoms with Crippen LogP contribution in [0.3, 0.4) is 0 Å². The summed E-state index contributed by atoms with van der Waals surface area (Å²) in [5, 5.41) is 5.51. The molecule has 0 radical (unpaired) electrons. The Morgan fingerprint density at radius 2 is 1.91 bits per heavy atom. The molecule has 5 nitrogen and oxygen atoms in total. The Hall–Kier alpha value is -2.73. The lowest BCUT2D eigenvalue weighted by Crippen LogP contribution is -2.14. The molecule has 2 aromatic heterocycles. The Bertz CT molecular complexity index is 785. The molecule has 0 aliphatic carbocycles. The number of hydrogen-bond acceptors (Lipinski definition) is 5. The van der Waals surface area contributed by atoms with Crippen molar-refractivity contribution in [3.05, 3.63) is 59.7 Å². The van der Waals surface area contributed by atoms with Gasteiger partial charge >= 0.3 is 0 Å². The highest BCUT2D eigenvalue weighted by Crippen LogP contribution is 2.25. The number of hydrogen-bond donors (Lipinski definition) is 1. The van der Waals surface area contributed by atoms with E-state index in [0.29, 0.717) is 12.2 Å². The lowest BCUT2D eigenvalue weighted by molar-refractivity contribution is -0.115. The van der Waals surface area contributed by atoms with Crippen molar-refractivity contribution < 1.29 is 9.53 Å². The van der Waals surface area contributed by atoms with E-state index in [9.17, 15) is 4.79 Å². The quantitative estimate of drug-likeness (QED) is 0.781. The molecule has 0 fully saturated rings. The van der Waals surface area contributed by atoms with Gasteiger partial charge in [-0.2, -0.15) is 0 Å². The van der Waals surface area contributed by atoms with Gasteiger partial charge < -0.3 is 10.1 Å². The molecule has 1 amide bonds. The third kappa shape index (κ3) is 3.92. The Labute approximate surface area is 138 Å². The molecule has 2 heterocycles. The lowest BCUT2D eigenvalue weighted by atomic mass is 10.1. The van der Waals surface area contributed by atoms with Crippen molar-refractivity contribution >= 4 is 23.1 Å². The first-order valence-corrected chi connectivity index (χ1v) is 7.91. The van der Waals surface area contributed by atoms with E-state index in [1.807, 2.05) is 41.8 Å². The lowest BCUT2D eigenvalue weighted by Gasteiger charge is -2.04. The molecule has 0 bridgehead atoms. The van der Waals surface area contributed by atoms with Gasteiger partial charge in [0, 0.05) is 23.3 Å². The molecule has 0 aliphatic rings. The average Bonchev–Trinajstić information content (AvgIpc) is 3.04. The summed E-state index contributed by atoms with van der Waals surface area (Å²) in [6.07, 6.45) is 3.74. The summed E-state index contributed by atoms with van der Waals surface area (Å²) < 4.78 is 5.10. The third-order valence-electron chi connectivity index (χ3n) is 3.22. The highest BCUT2D eigenvalue weighted by molar-refractivity contribution is 7.13. The van der Waals surface area contributed by atoms with Gasteiger partial charge in [-0.25, -0.2) is 4.98 Å². The average molecular weight is 325 g/mol. The maximum Gasteiger partial charge on any atom is 0.229 e. The Morgan fingerprint density at radius 1 is 1.17 bits per heavy atom. The van der Waals surface area contributed by atoms with Crippen LogP contribution in [0.25, 0.3) is 10.6 Å². The fourth-order valence-corrected chi connectivity index (χ4v) is 2.83. The zero-order chi connectivity index (χ0) is 16.1. The van der Waals surface area contributed by atoms with Crippen LogP contribution in [-0.4, -0.2) is 23.0 Å². The first-order valence-electron chi connectivity index (χ1n) is 7.03. The predicted octanol–water partition coefficient (Wildman–Crippen LogP) is 3.39. The SMILES string of the molecule is COc1ccc(CC(=O)Nc2csc(-c3ccncc3)n2)cc1. The first kappa shape index (κ1) is 15.2. The molecule has 23 heavy (non-hydrogen) atoms. The zero-order valence-corrected chi connectivity index (χ0v) is 13.3. The van der Waals surface area contributed by atoms with Crippen LogP contribution in [0.1, 0.15) is 5.56 Å². The van der Waals surface area contributed by atoms with Gasteiger partial charge in [-0.05, 0) is 29.8 Å². The number of methoxy groups -OCH3 is 1. The fourth-order valence-electron chi connectivity index (χ4n) is 2.07. The molecule has 1 aromatic carbocycles. The maximum atomic E-state index is 12.1. The largest absolute Gasteiger partial charge is 0.497 e. The standard InChI is InChI=1S/C17H15N3O2S/c1-22-14-4-2-12(3-5-14)10-16(21)19-15-11-23-17(20-15)13-6-8-18-9-7-13/h2-9,11H,10H2,1H3,(H,19,21). The molecule has 0 aliphatic heterocycles. The molecule has 0 spiro atoms. The molecule has 116 valence electrons. The predicted molar refractivity (Wildman–Crippen MR) is 90.7 cm³/mol. The fraction of sp³-hybridized carbons (Fsp3) is 0.118. The summed E-state index contributed by atoms with van der Waals surface area (Å²) in [6.45, 7) is 0. The van der Waals surface area contributed by atoms with Crippen molar-refractivity contribution in [2.24, 2.45) is 0 Å². The first-order chi connectivity index (χ1) is 11.2. The molecule has 6 heteroatoms. The van der Waals surface area contributed by atoms with Gasteiger partial charge in [-0.1, -0.05) is 12.1 Å². The van der Waals surface area contributed by atoms with Crippen LogP contribution in [0.5, 0.6) is 5.75 Å². The number of ether oxygens (including phenoxy) is 1. The van der Waals surface area contributed by atoms with Gasteiger partial charge in [0.25, 0.3) is 0 Å². The number of anilines is 1. The molecule has 0 atom stereocenters. The van der Waals surface area contributed by atoms with Crippen LogP contribution in [0.15, 0.2) is 54.2 Å². The van der Waals surface area contributed by atoms with Crippen molar-refractivity contribution in [1.29, 1.82) is 0 Å². The van der Waals surface area contributed by atoms with Crippen LogP contribution < -0.4 is 10.1 Å². The van der Waals surface area contributed by atoms with Crippen molar-refractivity contribution in [2.75, 3.05) is 12.4 Å². The normalized spacial score (nSPS) is 10.3. The highest BCUT2D eigenvalue weighted by atomic mass is 32.1. The topological polar surface area (TPSA) is 64.1 Å². The van der Waals surface area contributed by atoms with Crippen LogP contribution in [0.2, 0.25) is 0 Å². The van der Waals surface area contributed by atoms with Crippen molar-refractivity contribution in [2.45, 2.75) is 6.42 Å². The molecular weight excluding hydrogens is 310 g/mol. The van der Waals surface area contributed by atoms with E-state index in [-0.39, 0.29) is 5.91 Å². The second-order valence-corrected chi connectivity index (χ2v) is 5.70. The Kier molecular flexibility index (Phi) is 4.63. The van der Waals surface area contributed by atoms with E-state index in [1.165, 1.54) is 11.3 Å². The monoisotopic (exact) mass is 325 g/mol. The van der Waals surface area contributed by atoms with Crippen LogP contribution in [0, 0.1) is 0 Å². The number of thiazole rings is 1. The minimum absolute atomic E-state index is 0.0956. The number of rotatable bonds is 5. The second-order valence-electron chi connectivity index (χ2n) is 4.85. The summed E-state index contributed by atoms with van der Waals surface area (Å²) in [4.78, 5) is 20.5. The molecule has 3 aromatic rings. The van der Waals surface area contributed by atoms with Gasteiger partial charge in [0.2, 0.25) is 5.91 Å². The van der Waals surface area contributed by atoms with Gasteiger partial charge in [0.1, 0.15) is 16.6 Å². The van der Waals surface area contributed by atoms with Crippen LogP contribution in [-0.2, 0) is 11.2 Å². The summed E-state index contributed by atoms with van der Waals surface area (Å²) in [5.41, 5.74) is 1.91. The number of amides is 1. The van der Waals surface area contributed by atoms with E-state index in [1.54, 1.807) is 19.5 Å². The van der Waals surface area contributed by atoms with E-state index in [4.69, 9.17) is 4.74 Å². The number of pyridine rings is 1. The summed E-state index contributed by atoms with van der Waals surface area (Å²) in [5.74, 6) is 1.25. The van der Waals surface area contributed by atoms with Crippen molar-refractivity contribution in [3.8, 4) is 16.3 Å². The maximum absolute atomic E-state index is 12.1. The van der Waals surface area contributed by atoms with Gasteiger partial charge in [-0.15, -0.1) is 11.3 Å². The van der Waals surface area contributed by atoms with Crippen molar-refractivity contribution in [3.63, 3.8) is 0 Å². The van der Waals surface area contributed by atoms with Gasteiger partial charge in [-0.3, -0.25) is 9.78 Å². The van der Waals surface area contributed by atoms with E-state index >= 15 is 0 Å². The highest BCUT2D eigenvalue weighted by Gasteiger charge is 2.08. The minimum Gasteiger partial charge on any atom is -0.497 e. The number of nitrogens with zero attached hydrogens (tertiary/aromatic N) is 2. The Balaban J connectivity index is 1.63. The van der Waals surface area contributed by atoms with E-state index in [0.717, 1.165) is 21.9 Å². The number of benzene rings is 1. The number of carbonyl (C=O) groups excluding carboxylic acids is 1. The smallest absolute Gasteiger partial charge is 0.229 e. The molecule has 0 saturated heterocycles. The summed E-state index contributed by atoms with van der Waals surface area (Å²) >= 11 is 1.49. The van der Waals surface area contributed by atoms with E-state index < -0.39 is 0 Å². The third-order valence-corrected chi connectivity index (χ3v) is 4.11. The molecular formula is C17H15N3O2S. The number of aromatic nitrogens is 2. The summed E-state index contributed by atoms with van der Waals surface area (Å²) in [6, 6.07) is 11.2. The molecule has 3 rings (SSSR count). The zero-order valence-electron chi connectivity index (χ0n) is 12.5. The van der Waals surface area contributed by atoms with Gasteiger partial charge in [0.05, 0.1) is 13.5 Å². The minimum atomic E-state index is -0.0956. The molecule has 1 N–H and O–H groups in total. The number of carbonyl (C=O) groups is 1. The van der Waals surface area contributed by atoms with Gasteiger partial charge in [0.15, 0.2) is 0 Å². The molecule has 0 unspecified atom stereocenters. The second kappa shape index (κ2) is 7.02.